The highest BCUT2D eigenvalue weighted by Crippen LogP contribution is 2.26. The van der Waals surface area contributed by atoms with E-state index in [9.17, 15) is 4.79 Å². The number of aromatic nitrogens is 1. The molecule has 3 heterocycles. The minimum Gasteiger partial charge on any atom is -0.451 e. The Kier molecular flexibility index (Phi) is 3.86. The van der Waals surface area contributed by atoms with E-state index in [1.54, 1.807) is 12.4 Å². The molecule has 122 valence electrons. The number of piperazine rings is 1. The van der Waals surface area contributed by atoms with Crippen molar-refractivity contribution in [2.75, 3.05) is 31.1 Å². The molecule has 4 rings (SSSR count). The van der Waals surface area contributed by atoms with E-state index >= 15 is 0 Å². The fraction of sp³-hybridized carbons (Fsp3) is 0.222. The average molecular weight is 342 g/mol. The number of carbonyl (C=O) groups excluding carboxylic acids is 1. The van der Waals surface area contributed by atoms with E-state index in [1.807, 2.05) is 41.3 Å². The molecule has 3 aromatic rings. The summed E-state index contributed by atoms with van der Waals surface area (Å²) in [5, 5.41) is 1.58. The van der Waals surface area contributed by atoms with E-state index in [4.69, 9.17) is 16.0 Å². The van der Waals surface area contributed by atoms with Crippen molar-refractivity contribution < 1.29 is 9.21 Å². The lowest BCUT2D eigenvalue weighted by atomic mass is 10.2. The summed E-state index contributed by atoms with van der Waals surface area (Å²) in [5.41, 5.74) is 1.70. The van der Waals surface area contributed by atoms with Crippen LogP contribution in [0.15, 0.2) is 53.2 Å². The normalized spacial score (nSPS) is 15.0. The fourth-order valence-corrected chi connectivity index (χ4v) is 3.26. The van der Waals surface area contributed by atoms with Crippen molar-refractivity contribution in [1.82, 2.24) is 9.88 Å². The molecule has 5 nitrogen and oxygen atoms in total. The second-order valence-corrected chi connectivity index (χ2v) is 6.16. The molecule has 2 aromatic heterocycles. The summed E-state index contributed by atoms with van der Waals surface area (Å²) in [5.74, 6) is 0.332. The van der Waals surface area contributed by atoms with Gasteiger partial charge in [0.05, 0.1) is 10.7 Å². The van der Waals surface area contributed by atoms with Gasteiger partial charge in [-0.15, -0.1) is 0 Å². The lowest BCUT2D eigenvalue weighted by Gasteiger charge is -2.36. The number of para-hydroxylation sites is 1. The third-order valence-corrected chi connectivity index (χ3v) is 4.59. The van der Waals surface area contributed by atoms with Gasteiger partial charge in [-0.1, -0.05) is 29.8 Å². The minimum atomic E-state index is -0.0633. The molecule has 0 atom stereocenters. The number of rotatable bonds is 2. The summed E-state index contributed by atoms with van der Waals surface area (Å²) in [6, 6.07) is 11.4. The van der Waals surface area contributed by atoms with E-state index in [1.165, 1.54) is 0 Å². The molecule has 0 aliphatic carbocycles. The second kappa shape index (κ2) is 6.17. The highest BCUT2D eigenvalue weighted by molar-refractivity contribution is 6.33. The van der Waals surface area contributed by atoms with Crippen LogP contribution in [0.4, 0.5) is 5.69 Å². The van der Waals surface area contributed by atoms with Crippen LogP contribution < -0.4 is 4.90 Å². The Bertz CT molecular complexity index is 852. The van der Waals surface area contributed by atoms with Gasteiger partial charge in [0.25, 0.3) is 5.91 Å². The minimum absolute atomic E-state index is 0.0633. The topological polar surface area (TPSA) is 49.6 Å². The van der Waals surface area contributed by atoms with Gasteiger partial charge in [-0.05, 0) is 18.2 Å². The summed E-state index contributed by atoms with van der Waals surface area (Å²) in [6.07, 6.45) is 3.37. The van der Waals surface area contributed by atoms with Gasteiger partial charge in [-0.25, -0.2) is 0 Å². The predicted octanol–water partition coefficient (Wildman–Crippen LogP) is 3.44. The van der Waals surface area contributed by atoms with Crippen LogP contribution in [0.2, 0.25) is 5.02 Å². The van der Waals surface area contributed by atoms with Gasteiger partial charge in [-0.2, -0.15) is 0 Å². The molecule has 1 saturated heterocycles. The van der Waals surface area contributed by atoms with Crippen molar-refractivity contribution in [3.63, 3.8) is 0 Å². The lowest BCUT2D eigenvalue weighted by molar-refractivity contribution is 0.0717. The Hall–Kier alpha value is -2.53. The number of nitrogens with zero attached hydrogens (tertiary/aromatic N) is 3. The van der Waals surface area contributed by atoms with Gasteiger partial charge in [0.2, 0.25) is 0 Å². The smallest absolute Gasteiger partial charge is 0.289 e. The van der Waals surface area contributed by atoms with Gasteiger partial charge >= 0.3 is 0 Å². The standard InChI is InChI=1S/C18H16ClN3O2/c19-14-12-20-6-5-15(14)21-7-9-22(10-8-21)18(23)17-11-13-3-1-2-4-16(13)24-17/h1-6,11-12H,7-10H2. The van der Waals surface area contributed by atoms with E-state index in [0.717, 1.165) is 29.7 Å². The van der Waals surface area contributed by atoms with Crippen molar-refractivity contribution in [3.8, 4) is 0 Å². The second-order valence-electron chi connectivity index (χ2n) is 5.75. The van der Waals surface area contributed by atoms with Crippen LogP contribution >= 0.6 is 11.6 Å². The number of amides is 1. The zero-order valence-electron chi connectivity index (χ0n) is 13.0. The summed E-state index contributed by atoms with van der Waals surface area (Å²) < 4.78 is 5.68. The molecule has 1 fully saturated rings. The first-order chi connectivity index (χ1) is 11.7. The monoisotopic (exact) mass is 341 g/mol. The van der Waals surface area contributed by atoms with Crippen LogP contribution in [0, 0.1) is 0 Å². The number of hydrogen-bond acceptors (Lipinski definition) is 4. The first kappa shape index (κ1) is 15.0. The third-order valence-electron chi connectivity index (χ3n) is 4.29. The van der Waals surface area contributed by atoms with Gasteiger partial charge in [-0.3, -0.25) is 9.78 Å². The summed E-state index contributed by atoms with van der Waals surface area (Å²) in [6.45, 7) is 2.73. The molecule has 0 radical (unpaired) electrons. The van der Waals surface area contributed by atoms with Crippen molar-refractivity contribution >= 4 is 34.2 Å². The van der Waals surface area contributed by atoms with Crippen LogP contribution in [-0.2, 0) is 0 Å². The van der Waals surface area contributed by atoms with Crippen molar-refractivity contribution in [2.24, 2.45) is 0 Å². The maximum atomic E-state index is 12.7. The van der Waals surface area contributed by atoms with Gasteiger partial charge in [0.1, 0.15) is 5.58 Å². The van der Waals surface area contributed by atoms with Crippen LogP contribution in [0.1, 0.15) is 10.6 Å². The Labute approximate surface area is 144 Å². The molecule has 0 spiro atoms. The van der Waals surface area contributed by atoms with Crippen molar-refractivity contribution in [2.45, 2.75) is 0 Å². The number of pyridine rings is 1. The highest BCUT2D eigenvalue weighted by Gasteiger charge is 2.25. The van der Waals surface area contributed by atoms with Crippen LogP contribution in [0.3, 0.4) is 0 Å². The quantitative estimate of drug-likeness (QED) is 0.716. The van der Waals surface area contributed by atoms with Crippen molar-refractivity contribution in [1.29, 1.82) is 0 Å². The molecule has 1 aliphatic heterocycles. The number of fused-ring (bicyclic) bond motifs is 1. The van der Waals surface area contributed by atoms with E-state index in [-0.39, 0.29) is 5.91 Å². The molecule has 0 unspecified atom stereocenters. The number of furan rings is 1. The summed E-state index contributed by atoms with van der Waals surface area (Å²) >= 11 is 6.20. The molecular weight excluding hydrogens is 326 g/mol. The molecule has 0 N–H and O–H groups in total. The van der Waals surface area contributed by atoms with Crippen molar-refractivity contribution in [3.05, 3.63) is 59.6 Å². The summed E-state index contributed by atoms with van der Waals surface area (Å²) in [7, 11) is 0. The van der Waals surface area contributed by atoms with E-state index in [0.29, 0.717) is 23.9 Å². The number of hydrogen-bond donors (Lipinski definition) is 0. The Balaban J connectivity index is 1.47. The largest absolute Gasteiger partial charge is 0.451 e. The molecule has 0 bridgehead atoms. The zero-order chi connectivity index (χ0) is 16.5. The number of carbonyl (C=O) groups is 1. The Morgan fingerprint density at radius 2 is 1.92 bits per heavy atom. The molecule has 24 heavy (non-hydrogen) atoms. The van der Waals surface area contributed by atoms with Crippen LogP contribution in [-0.4, -0.2) is 42.0 Å². The maximum absolute atomic E-state index is 12.7. The van der Waals surface area contributed by atoms with Crippen LogP contribution in [0.5, 0.6) is 0 Å². The number of benzene rings is 1. The van der Waals surface area contributed by atoms with E-state index in [2.05, 4.69) is 9.88 Å². The molecular formula is C18H16ClN3O2. The molecule has 6 heteroatoms. The van der Waals surface area contributed by atoms with Gasteiger partial charge in [0.15, 0.2) is 5.76 Å². The first-order valence-electron chi connectivity index (χ1n) is 7.85. The third kappa shape index (κ3) is 2.71. The predicted molar refractivity (Wildman–Crippen MR) is 93.6 cm³/mol. The SMILES string of the molecule is O=C(c1cc2ccccc2o1)N1CCN(c2ccncc2Cl)CC1. The molecule has 1 aliphatic rings. The molecule has 0 saturated carbocycles. The van der Waals surface area contributed by atoms with E-state index < -0.39 is 0 Å². The molecule has 1 amide bonds. The Morgan fingerprint density at radius 1 is 1.12 bits per heavy atom. The van der Waals surface area contributed by atoms with Crippen LogP contribution in [0.25, 0.3) is 11.0 Å². The first-order valence-corrected chi connectivity index (χ1v) is 8.22. The summed E-state index contributed by atoms with van der Waals surface area (Å²) in [4.78, 5) is 20.7. The number of anilines is 1. The fourth-order valence-electron chi connectivity index (χ4n) is 3.02. The van der Waals surface area contributed by atoms with Gasteiger partial charge < -0.3 is 14.2 Å². The Morgan fingerprint density at radius 3 is 2.67 bits per heavy atom. The number of halogens is 1. The molecule has 1 aromatic carbocycles. The lowest BCUT2D eigenvalue weighted by Crippen LogP contribution is -2.48. The zero-order valence-corrected chi connectivity index (χ0v) is 13.7. The highest BCUT2D eigenvalue weighted by atomic mass is 35.5. The average Bonchev–Trinajstić information content (AvgIpc) is 3.06. The maximum Gasteiger partial charge on any atom is 0.289 e. The van der Waals surface area contributed by atoms with Gasteiger partial charge in [0, 0.05) is 44.0 Å².